The number of amides is 1. The number of nitrogen functional groups attached to an aromatic ring is 2. The van der Waals surface area contributed by atoms with Crippen molar-refractivity contribution in [3.8, 4) is 0 Å². The predicted molar refractivity (Wildman–Crippen MR) is 142 cm³/mol. The normalized spacial score (nSPS) is 9.12. The topological polar surface area (TPSA) is 160 Å². The van der Waals surface area contributed by atoms with Crippen molar-refractivity contribution in [1.29, 1.82) is 0 Å². The third-order valence-electron chi connectivity index (χ3n) is 4.29. The van der Waals surface area contributed by atoms with Crippen molar-refractivity contribution >= 4 is 17.3 Å². The van der Waals surface area contributed by atoms with Crippen LogP contribution in [0.1, 0.15) is 21.5 Å². The maximum atomic E-state index is 10.6. The van der Waals surface area contributed by atoms with Crippen LogP contribution in [0.5, 0.6) is 0 Å². The Morgan fingerprint density at radius 1 is 0.676 bits per heavy atom. The average molecular weight is 459 g/mol. The molecule has 4 aromatic rings. The van der Waals surface area contributed by atoms with Gasteiger partial charge in [-0.2, -0.15) is 0 Å². The smallest absolute Gasteiger partial charge is 0.250 e. The monoisotopic (exact) mass is 458 g/mol. The predicted octanol–water partition coefficient (Wildman–Crippen LogP) is 3.36. The van der Waals surface area contributed by atoms with Crippen molar-refractivity contribution in [1.82, 2.24) is 4.98 Å². The van der Waals surface area contributed by atoms with Crippen LogP contribution in [0.3, 0.4) is 0 Å². The Morgan fingerprint density at radius 3 is 1.53 bits per heavy atom. The number of para-hydroxylation sites is 1. The van der Waals surface area contributed by atoms with Crippen LogP contribution in [0.2, 0.25) is 0 Å². The van der Waals surface area contributed by atoms with E-state index in [0.29, 0.717) is 17.8 Å². The highest BCUT2D eigenvalue weighted by atomic mass is 16.1. The fourth-order valence-corrected chi connectivity index (χ4v) is 2.51. The Balaban J connectivity index is 0.000000228. The number of pyridine rings is 1. The maximum absolute atomic E-state index is 10.6. The first-order chi connectivity index (χ1) is 16.5. The SMILES string of the molecule is NC(=O)c1ccccc1N.NCCc1ccccc1.NCc1ccccc1.Nc1ccncc1. The number of benzene rings is 3. The van der Waals surface area contributed by atoms with Crippen molar-refractivity contribution in [2.24, 2.45) is 17.2 Å². The van der Waals surface area contributed by atoms with E-state index in [0.717, 1.165) is 18.7 Å². The molecule has 34 heavy (non-hydrogen) atoms. The van der Waals surface area contributed by atoms with Crippen LogP contribution in [-0.4, -0.2) is 17.4 Å². The Hall–Kier alpha value is -4.20. The van der Waals surface area contributed by atoms with Gasteiger partial charge in [-0.1, -0.05) is 72.8 Å². The summed E-state index contributed by atoms with van der Waals surface area (Å²) < 4.78 is 0. The molecule has 7 nitrogen and oxygen atoms in total. The largest absolute Gasteiger partial charge is 0.399 e. The number of rotatable bonds is 4. The summed E-state index contributed by atoms with van der Waals surface area (Å²) in [6, 6.07) is 30.5. The molecule has 1 aromatic heterocycles. The Morgan fingerprint density at radius 2 is 1.18 bits per heavy atom. The lowest BCUT2D eigenvalue weighted by Crippen LogP contribution is -2.12. The van der Waals surface area contributed by atoms with Crippen molar-refractivity contribution in [3.63, 3.8) is 0 Å². The van der Waals surface area contributed by atoms with Crippen LogP contribution in [0.25, 0.3) is 0 Å². The zero-order chi connectivity index (χ0) is 25.0. The molecule has 0 saturated heterocycles. The minimum Gasteiger partial charge on any atom is -0.399 e. The summed E-state index contributed by atoms with van der Waals surface area (Å²) in [5, 5.41) is 0. The van der Waals surface area contributed by atoms with E-state index in [-0.39, 0.29) is 0 Å². The second-order valence-corrected chi connectivity index (χ2v) is 6.95. The summed E-state index contributed by atoms with van der Waals surface area (Å²) in [5.74, 6) is -0.488. The number of carbonyl (C=O) groups is 1. The molecule has 0 aliphatic carbocycles. The fraction of sp³-hybridized carbons (Fsp3) is 0.111. The van der Waals surface area contributed by atoms with Crippen LogP contribution in [0, 0.1) is 0 Å². The van der Waals surface area contributed by atoms with Crippen LogP contribution < -0.4 is 28.7 Å². The number of nitrogens with zero attached hydrogens (tertiary/aromatic N) is 1. The molecule has 0 atom stereocenters. The number of hydrogen-bond acceptors (Lipinski definition) is 6. The van der Waals surface area contributed by atoms with Crippen molar-refractivity contribution in [2.45, 2.75) is 13.0 Å². The third-order valence-corrected chi connectivity index (χ3v) is 4.29. The second-order valence-electron chi connectivity index (χ2n) is 6.95. The number of carbonyl (C=O) groups excluding carboxylic acids is 1. The zero-order valence-electron chi connectivity index (χ0n) is 19.3. The molecule has 1 amide bonds. The third kappa shape index (κ3) is 12.6. The minimum absolute atomic E-state index is 0.377. The summed E-state index contributed by atoms with van der Waals surface area (Å²) >= 11 is 0. The molecule has 0 radical (unpaired) electrons. The molecule has 10 N–H and O–H groups in total. The first-order valence-corrected chi connectivity index (χ1v) is 10.8. The van der Waals surface area contributed by atoms with Crippen molar-refractivity contribution < 1.29 is 4.79 Å². The van der Waals surface area contributed by atoms with Gasteiger partial charge in [0.2, 0.25) is 0 Å². The molecule has 0 fully saturated rings. The lowest BCUT2D eigenvalue weighted by Gasteiger charge is -1.97. The van der Waals surface area contributed by atoms with E-state index in [1.807, 2.05) is 48.5 Å². The molecule has 7 heteroatoms. The van der Waals surface area contributed by atoms with E-state index in [1.54, 1.807) is 48.8 Å². The van der Waals surface area contributed by atoms with E-state index in [1.165, 1.54) is 11.1 Å². The van der Waals surface area contributed by atoms with Gasteiger partial charge in [-0.25, -0.2) is 0 Å². The molecule has 3 aromatic carbocycles. The fourth-order valence-electron chi connectivity index (χ4n) is 2.51. The highest BCUT2D eigenvalue weighted by Gasteiger charge is 2.01. The number of primary amides is 1. The molecule has 0 aliphatic rings. The van der Waals surface area contributed by atoms with Gasteiger partial charge >= 0.3 is 0 Å². The molecular formula is C27H34N6O. The molecular weight excluding hydrogens is 424 g/mol. The van der Waals surface area contributed by atoms with E-state index in [4.69, 9.17) is 28.7 Å². The quantitative estimate of drug-likeness (QED) is 0.295. The average Bonchev–Trinajstić information content (AvgIpc) is 2.87. The van der Waals surface area contributed by atoms with Gasteiger partial charge in [-0.05, 0) is 48.4 Å². The van der Waals surface area contributed by atoms with Gasteiger partial charge in [0.15, 0.2) is 0 Å². The summed E-state index contributed by atoms with van der Waals surface area (Å²) in [6.07, 6.45) is 4.31. The Bertz CT molecular complexity index is 1040. The van der Waals surface area contributed by atoms with Crippen LogP contribution in [0.4, 0.5) is 11.4 Å². The standard InChI is InChI=1S/C8H11N.C7H8N2O.C7H9N.C5H6N2/c9-7-6-8-4-2-1-3-5-8;8-6-4-2-1-3-5(6)7(9)10;8-6-7-4-2-1-3-5-7;6-5-1-3-7-4-2-5/h1-5H,6-7,9H2;1-4H,8H2,(H2,9,10);1-5H,6,8H2;1-4H,(H2,6,7). The summed E-state index contributed by atoms with van der Waals surface area (Å²) in [7, 11) is 0. The molecule has 0 bridgehead atoms. The molecule has 0 saturated carbocycles. The van der Waals surface area contributed by atoms with Gasteiger partial charge in [-0.3, -0.25) is 9.78 Å². The first-order valence-electron chi connectivity index (χ1n) is 10.8. The van der Waals surface area contributed by atoms with E-state index in [2.05, 4.69) is 17.1 Å². The number of hydrogen-bond donors (Lipinski definition) is 5. The van der Waals surface area contributed by atoms with Crippen LogP contribution in [0.15, 0.2) is 109 Å². The molecule has 0 unspecified atom stereocenters. The minimum atomic E-state index is -0.488. The lowest BCUT2D eigenvalue weighted by molar-refractivity contribution is 0.100. The van der Waals surface area contributed by atoms with Crippen LogP contribution in [-0.2, 0) is 13.0 Å². The van der Waals surface area contributed by atoms with Gasteiger partial charge in [0.25, 0.3) is 5.91 Å². The second kappa shape index (κ2) is 17.4. The molecule has 178 valence electrons. The summed E-state index contributed by atoms with van der Waals surface area (Å²) in [4.78, 5) is 14.3. The van der Waals surface area contributed by atoms with Gasteiger partial charge < -0.3 is 28.7 Å². The number of aromatic nitrogens is 1. The summed E-state index contributed by atoms with van der Waals surface area (Å²) in [6.45, 7) is 1.38. The number of anilines is 2. The lowest BCUT2D eigenvalue weighted by atomic mass is 10.2. The highest BCUT2D eigenvalue weighted by molar-refractivity contribution is 5.97. The zero-order valence-corrected chi connectivity index (χ0v) is 19.3. The molecule has 1 heterocycles. The van der Waals surface area contributed by atoms with Gasteiger partial charge in [0, 0.05) is 30.3 Å². The molecule has 0 spiro atoms. The Labute approximate surface area is 201 Å². The van der Waals surface area contributed by atoms with E-state index >= 15 is 0 Å². The van der Waals surface area contributed by atoms with E-state index < -0.39 is 5.91 Å². The van der Waals surface area contributed by atoms with Gasteiger partial charge in [0.1, 0.15) is 0 Å². The van der Waals surface area contributed by atoms with Crippen LogP contribution >= 0.6 is 0 Å². The number of nitrogens with two attached hydrogens (primary N) is 5. The van der Waals surface area contributed by atoms with Crippen molar-refractivity contribution in [2.75, 3.05) is 18.0 Å². The summed E-state index contributed by atoms with van der Waals surface area (Å²) in [5.41, 5.74) is 30.5. The first kappa shape index (κ1) is 27.8. The van der Waals surface area contributed by atoms with Gasteiger partial charge in [0.05, 0.1) is 5.56 Å². The van der Waals surface area contributed by atoms with E-state index in [9.17, 15) is 4.79 Å². The Kier molecular flexibility index (Phi) is 14.2. The maximum Gasteiger partial charge on any atom is 0.250 e. The van der Waals surface area contributed by atoms with Gasteiger partial charge in [-0.15, -0.1) is 0 Å². The molecule has 0 aliphatic heterocycles. The highest BCUT2D eigenvalue weighted by Crippen LogP contribution is 2.08. The van der Waals surface area contributed by atoms with Crippen molar-refractivity contribution in [3.05, 3.63) is 126 Å². The molecule has 4 rings (SSSR count).